The Bertz CT molecular complexity index is 230. The van der Waals surface area contributed by atoms with Gasteiger partial charge in [-0.3, -0.25) is 14.6 Å². The molecule has 1 atom stereocenters. The third-order valence-corrected chi connectivity index (χ3v) is 1.28. The molecule has 0 aromatic carbocycles. The van der Waals surface area contributed by atoms with Crippen molar-refractivity contribution in [2.45, 2.75) is 13.0 Å². The van der Waals surface area contributed by atoms with Gasteiger partial charge in [0.15, 0.2) is 5.78 Å². The van der Waals surface area contributed by atoms with Crippen LogP contribution in [0.3, 0.4) is 0 Å². The van der Waals surface area contributed by atoms with Crippen LogP contribution in [0.4, 0.5) is 0 Å². The van der Waals surface area contributed by atoms with Crippen LogP contribution < -0.4 is 5.73 Å². The topological polar surface area (TPSA) is 110 Å². The molecule has 0 aliphatic carbocycles. The second kappa shape index (κ2) is 4.37. The second-order valence-corrected chi connectivity index (χ2v) is 3.28. The van der Waals surface area contributed by atoms with Crippen LogP contribution in [-0.2, 0) is 13.9 Å². The normalized spacial score (nSPS) is 14.7. The fourth-order valence-corrected chi connectivity index (χ4v) is 0.548. The SMILES string of the molecule is C[C@H](N)C(=O)/C=C/OP(=O)(O)O. The monoisotopic (exact) mass is 195 g/mol. The Hall–Kier alpha value is -0.680. The average Bonchev–Trinajstić information content (AvgIpc) is 1.84. The molecular formula is C5H10NO5P. The van der Waals surface area contributed by atoms with Gasteiger partial charge in [0, 0.05) is 6.08 Å². The Balaban J connectivity index is 3.94. The molecule has 0 radical (unpaired) electrons. The number of hydrogen-bond donors (Lipinski definition) is 3. The van der Waals surface area contributed by atoms with E-state index in [2.05, 4.69) is 4.52 Å². The van der Waals surface area contributed by atoms with Gasteiger partial charge in [0.05, 0.1) is 12.3 Å². The first kappa shape index (κ1) is 11.3. The zero-order chi connectivity index (χ0) is 9.78. The van der Waals surface area contributed by atoms with E-state index in [1.165, 1.54) is 6.92 Å². The lowest BCUT2D eigenvalue weighted by Crippen LogP contribution is -2.24. The molecule has 0 aromatic heterocycles. The highest BCUT2D eigenvalue weighted by molar-refractivity contribution is 7.46. The quantitative estimate of drug-likeness (QED) is 0.317. The molecule has 0 saturated carbocycles. The third kappa shape index (κ3) is 6.06. The van der Waals surface area contributed by atoms with E-state index < -0.39 is 19.6 Å². The van der Waals surface area contributed by atoms with E-state index in [4.69, 9.17) is 15.5 Å². The summed E-state index contributed by atoms with van der Waals surface area (Å²) in [6.45, 7) is 1.45. The summed E-state index contributed by atoms with van der Waals surface area (Å²) < 4.78 is 13.9. The van der Waals surface area contributed by atoms with Gasteiger partial charge in [-0.2, -0.15) is 0 Å². The number of ketones is 1. The van der Waals surface area contributed by atoms with E-state index >= 15 is 0 Å². The number of phosphoric acid groups is 1. The molecule has 70 valence electrons. The maximum atomic E-state index is 10.7. The Morgan fingerprint density at radius 2 is 2.17 bits per heavy atom. The van der Waals surface area contributed by atoms with Crippen LogP contribution in [0.2, 0.25) is 0 Å². The van der Waals surface area contributed by atoms with Gasteiger partial charge < -0.3 is 10.3 Å². The van der Waals surface area contributed by atoms with Gasteiger partial charge in [-0.15, -0.1) is 0 Å². The predicted octanol–water partition coefficient (Wildman–Crippen LogP) is -0.474. The lowest BCUT2D eigenvalue weighted by Gasteiger charge is -2.00. The van der Waals surface area contributed by atoms with Gasteiger partial charge >= 0.3 is 7.82 Å². The van der Waals surface area contributed by atoms with Crippen LogP contribution in [0.25, 0.3) is 0 Å². The van der Waals surface area contributed by atoms with Crippen molar-refractivity contribution in [1.82, 2.24) is 0 Å². The highest BCUT2D eigenvalue weighted by Gasteiger charge is 2.12. The van der Waals surface area contributed by atoms with Crippen LogP contribution in [0.1, 0.15) is 6.92 Å². The standard InChI is InChI=1S/C5H10NO5P/c1-4(6)5(7)2-3-11-12(8,9)10/h2-4H,6H2,1H3,(H2,8,9,10)/b3-2+/t4-/m0/s1. The molecular weight excluding hydrogens is 185 g/mol. The Morgan fingerprint density at radius 3 is 2.50 bits per heavy atom. The minimum absolute atomic E-state index is 0.469. The van der Waals surface area contributed by atoms with E-state index in [1.807, 2.05) is 0 Å². The molecule has 0 rings (SSSR count). The van der Waals surface area contributed by atoms with Crippen molar-refractivity contribution >= 4 is 13.6 Å². The van der Waals surface area contributed by atoms with Gasteiger partial charge in [-0.1, -0.05) is 0 Å². The zero-order valence-corrected chi connectivity index (χ0v) is 7.27. The third-order valence-electron chi connectivity index (χ3n) is 0.879. The van der Waals surface area contributed by atoms with E-state index in [0.717, 1.165) is 6.08 Å². The van der Waals surface area contributed by atoms with E-state index in [9.17, 15) is 9.36 Å². The van der Waals surface area contributed by atoms with E-state index in [-0.39, 0.29) is 0 Å². The first-order valence-electron chi connectivity index (χ1n) is 3.03. The Labute approximate surface area is 69.3 Å². The van der Waals surface area contributed by atoms with Crippen LogP contribution in [-0.4, -0.2) is 21.6 Å². The highest BCUT2D eigenvalue weighted by Crippen LogP contribution is 2.35. The van der Waals surface area contributed by atoms with E-state index in [1.54, 1.807) is 0 Å². The molecule has 0 aromatic rings. The summed E-state index contributed by atoms with van der Waals surface area (Å²) in [7, 11) is -4.53. The van der Waals surface area contributed by atoms with Crippen molar-refractivity contribution < 1.29 is 23.7 Å². The lowest BCUT2D eigenvalue weighted by atomic mass is 10.2. The molecule has 7 heteroatoms. The molecule has 6 nitrogen and oxygen atoms in total. The van der Waals surface area contributed by atoms with E-state index in [0.29, 0.717) is 6.26 Å². The smallest absolute Gasteiger partial charge is 0.412 e. The number of phosphoric ester groups is 1. The maximum Gasteiger partial charge on any atom is 0.524 e. The van der Waals surface area contributed by atoms with Crippen molar-refractivity contribution in [3.63, 3.8) is 0 Å². The lowest BCUT2D eigenvalue weighted by molar-refractivity contribution is -0.115. The number of hydrogen-bond acceptors (Lipinski definition) is 4. The zero-order valence-electron chi connectivity index (χ0n) is 6.38. The number of nitrogens with two attached hydrogens (primary N) is 1. The van der Waals surface area contributed by atoms with Crippen LogP contribution in [0.5, 0.6) is 0 Å². The van der Waals surface area contributed by atoms with Crippen molar-refractivity contribution in [2.24, 2.45) is 5.73 Å². The first-order chi connectivity index (χ1) is 5.33. The van der Waals surface area contributed by atoms with Crippen molar-refractivity contribution in [2.75, 3.05) is 0 Å². The number of carbonyl (C=O) groups is 1. The molecule has 0 heterocycles. The summed E-state index contributed by atoms with van der Waals surface area (Å²) in [6, 6.07) is -0.707. The average molecular weight is 195 g/mol. The highest BCUT2D eigenvalue weighted by atomic mass is 31.2. The second-order valence-electron chi connectivity index (χ2n) is 2.09. The Morgan fingerprint density at radius 1 is 1.67 bits per heavy atom. The predicted molar refractivity (Wildman–Crippen MR) is 40.9 cm³/mol. The maximum absolute atomic E-state index is 10.7. The van der Waals surface area contributed by atoms with Gasteiger partial charge in [0.25, 0.3) is 0 Å². The molecule has 0 aliphatic rings. The van der Waals surface area contributed by atoms with Crippen LogP contribution >= 0.6 is 7.82 Å². The number of rotatable bonds is 4. The van der Waals surface area contributed by atoms with Gasteiger partial charge in [-0.05, 0) is 6.92 Å². The Kier molecular flexibility index (Phi) is 4.12. The van der Waals surface area contributed by atoms with Crippen LogP contribution in [0.15, 0.2) is 12.3 Å². The summed E-state index contributed by atoms with van der Waals surface area (Å²) >= 11 is 0. The minimum Gasteiger partial charge on any atom is -0.412 e. The van der Waals surface area contributed by atoms with Gasteiger partial charge in [0.2, 0.25) is 0 Å². The summed E-state index contributed by atoms with van der Waals surface area (Å²) in [6.07, 6.45) is 1.50. The molecule has 4 N–H and O–H groups in total. The summed E-state index contributed by atoms with van der Waals surface area (Å²) in [4.78, 5) is 27.0. The summed E-state index contributed by atoms with van der Waals surface area (Å²) in [5, 5.41) is 0. The molecule has 0 aliphatic heterocycles. The molecule has 0 amide bonds. The summed E-state index contributed by atoms with van der Waals surface area (Å²) in [5.41, 5.74) is 5.14. The molecule has 0 unspecified atom stereocenters. The van der Waals surface area contributed by atoms with Gasteiger partial charge in [-0.25, -0.2) is 4.57 Å². The number of carbonyl (C=O) groups excluding carboxylic acids is 1. The first-order valence-corrected chi connectivity index (χ1v) is 4.56. The molecule has 0 bridgehead atoms. The minimum atomic E-state index is -4.53. The van der Waals surface area contributed by atoms with Crippen molar-refractivity contribution in [1.29, 1.82) is 0 Å². The summed E-state index contributed by atoms with van der Waals surface area (Å²) in [5.74, 6) is -0.469. The molecule has 0 fully saturated rings. The molecule has 0 saturated heterocycles. The molecule has 12 heavy (non-hydrogen) atoms. The van der Waals surface area contributed by atoms with Crippen LogP contribution in [0, 0.1) is 0 Å². The van der Waals surface area contributed by atoms with Crippen molar-refractivity contribution in [3.8, 4) is 0 Å². The fourth-order valence-electron chi connectivity index (χ4n) is 0.329. The largest absolute Gasteiger partial charge is 0.524 e. The fraction of sp³-hybridized carbons (Fsp3) is 0.400. The van der Waals surface area contributed by atoms with Gasteiger partial charge in [0.1, 0.15) is 0 Å². The van der Waals surface area contributed by atoms with Crippen molar-refractivity contribution in [3.05, 3.63) is 12.3 Å². The molecule has 0 spiro atoms.